The fourth-order valence-electron chi connectivity index (χ4n) is 2.74. The van der Waals surface area contributed by atoms with Gasteiger partial charge in [0.2, 0.25) is 0 Å². The molecule has 1 N–H and O–H groups in total. The number of hydrogen-bond donors (Lipinski definition) is 1. The molecular formula is C18H17F3N4O2. The van der Waals surface area contributed by atoms with Crippen LogP contribution in [0.25, 0.3) is 10.9 Å². The van der Waals surface area contributed by atoms with E-state index in [0.717, 1.165) is 5.56 Å². The van der Waals surface area contributed by atoms with Crippen molar-refractivity contribution in [3.8, 4) is 5.75 Å². The first-order valence-electron chi connectivity index (χ1n) is 8.22. The first kappa shape index (κ1) is 18.7. The van der Waals surface area contributed by atoms with E-state index in [1.807, 2.05) is 6.92 Å². The molecule has 0 spiro atoms. The third-order valence-electron chi connectivity index (χ3n) is 3.84. The number of alkyl halides is 3. The van der Waals surface area contributed by atoms with Crippen LogP contribution in [0.4, 0.5) is 13.2 Å². The van der Waals surface area contributed by atoms with E-state index in [1.54, 1.807) is 36.0 Å². The molecule has 0 aliphatic carbocycles. The van der Waals surface area contributed by atoms with Gasteiger partial charge in [-0.3, -0.25) is 14.5 Å². The second-order valence-corrected chi connectivity index (χ2v) is 5.93. The molecule has 1 amide bonds. The number of halogens is 3. The van der Waals surface area contributed by atoms with Crippen molar-refractivity contribution < 1.29 is 22.7 Å². The number of nitrogens with one attached hydrogen (secondary N) is 1. The molecule has 0 aliphatic rings. The Bertz CT molecular complexity index is 982. The monoisotopic (exact) mass is 378 g/mol. The van der Waals surface area contributed by atoms with E-state index in [4.69, 9.17) is 0 Å². The Morgan fingerprint density at radius 3 is 2.74 bits per heavy atom. The van der Waals surface area contributed by atoms with Crippen molar-refractivity contribution in [2.45, 2.75) is 26.8 Å². The maximum absolute atomic E-state index is 12.4. The third kappa shape index (κ3) is 4.36. The largest absolute Gasteiger partial charge is 0.573 e. The van der Waals surface area contributed by atoms with Gasteiger partial charge < -0.3 is 10.1 Å². The van der Waals surface area contributed by atoms with Crippen molar-refractivity contribution in [3.05, 3.63) is 53.5 Å². The van der Waals surface area contributed by atoms with Crippen molar-refractivity contribution in [2.24, 2.45) is 0 Å². The molecule has 0 unspecified atom stereocenters. The zero-order valence-corrected chi connectivity index (χ0v) is 14.7. The lowest BCUT2D eigenvalue weighted by molar-refractivity contribution is -0.274. The SMILES string of the molecule is CCNC(=O)c1nccc2nn(Cc3ccc(OC(F)(F)F)c(C)c3)cc12. The number of carbonyl (C=O) groups is 1. The van der Waals surface area contributed by atoms with Crippen LogP contribution in [0.15, 0.2) is 36.7 Å². The Kier molecular flexibility index (Phi) is 5.02. The molecule has 0 fully saturated rings. The highest BCUT2D eigenvalue weighted by Gasteiger charge is 2.31. The molecular weight excluding hydrogens is 361 g/mol. The molecule has 9 heteroatoms. The summed E-state index contributed by atoms with van der Waals surface area (Å²) >= 11 is 0. The van der Waals surface area contributed by atoms with Crippen molar-refractivity contribution in [2.75, 3.05) is 6.54 Å². The van der Waals surface area contributed by atoms with Crippen molar-refractivity contribution in [1.29, 1.82) is 0 Å². The first-order valence-corrected chi connectivity index (χ1v) is 8.22. The summed E-state index contributed by atoms with van der Waals surface area (Å²) in [5.41, 5.74) is 2.01. The lowest BCUT2D eigenvalue weighted by Crippen LogP contribution is -2.23. The molecule has 0 aliphatic heterocycles. The van der Waals surface area contributed by atoms with E-state index >= 15 is 0 Å². The zero-order valence-electron chi connectivity index (χ0n) is 14.7. The highest BCUT2D eigenvalue weighted by molar-refractivity contribution is 6.04. The fraction of sp³-hybridized carbons (Fsp3) is 0.278. The molecule has 1 aromatic carbocycles. The molecule has 3 rings (SSSR count). The second-order valence-electron chi connectivity index (χ2n) is 5.93. The smallest absolute Gasteiger partial charge is 0.406 e. The van der Waals surface area contributed by atoms with Gasteiger partial charge in [0.05, 0.1) is 17.4 Å². The van der Waals surface area contributed by atoms with E-state index in [2.05, 4.69) is 20.1 Å². The summed E-state index contributed by atoms with van der Waals surface area (Å²) in [6, 6.07) is 6.13. The van der Waals surface area contributed by atoms with E-state index in [-0.39, 0.29) is 17.4 Å². The highest BCUT2D eigenvalue weighted by atomic mass is 19.4. The van der Waals surface area contributed by atoms with E-state index in [1.165, 1.54) is 12.3 Å². The Morgan fingerprint density at radius 1 is 1.30 bits per heavy atom. The first-order chi connectivity index (χ1) is 12.8. The van der Waals surface area contributed by atoms with E-state index in [9.17, 15) is 18.0 Å². The quantitative estimate of drug-likeness (QED) is 0.739. The number of pyridine rings is 1. The molecule has 142 valence electrons. The molecule has 27 heavy (non-hydrogen) atoms. The van der Waals surface area contributed by atoms with Gasteiger partial charge in [-0.05, 0) is 37.1 Å². The number of carbonyl (C=O) groups excluding carboxylic acids is 1. The number of rotatable bonds is 5. The van der Waals surface area contributed by atoms with Crippen LogP contribution in [0.3, 0.4) is 0 Å². The molecule has 3 aromatic rings. The molecule has 2 aromatic heterocycles. The number of nitrogens with zero attached hydrogens (tertiary/aromatic N) is 3. The Labute approximate surface area is 153 Å². The maximum atomic E-state index is 12.4. The van der Waals surface area contributed by atoms with Crippen LogP contribution in [0.2, 0.25) is 0 Å². The molecule has 6 nitrogen and oxygen atoms in total. The van der Waals surface area contributed by atoms with Crippen LogP contribution in [-0.4, -0.2) is 33.6 Å². The minimum Gasteiger partial charge on any atom is -0.406 e. The van der Waals surface area contributed by atoms with Gasteiger partial charge in [-0.15, -0.1) is 13.2 Å². The lowest BCUT2D eigenvalue weighted by atomic mass is 10.1. The molecule has 0 radical (unpaired) electrons. The van der Waals surface area contributed by atoms with Gasteiger partial charge in [0.15, 0.2) is 0 Å². The summed E-state index contributed by atoms with van der Waals surface area (Å²) in [5, 5.41) is 7.72. The topological polar surface area (TPSA) is 69.0 Å². The van der Waals surface area contributed by atoms with Crippen LogP contribution in [-0.2, 0) is 6.54 Å². The summed E-state index contributed by atoms with van der Waals surface area (Å²) in [6.45, 7) is 4.17. The second kappa shape index (κ2) is 7.26. The zero-order chi connectivity index (χ0) is 19.6. The number of ether oxygens (including phenoxy) is 1. The number of benzene rings is 1. The van der Waals surface area contributed by atoms with Gasteiger partial charge in [0.1, 0.15) is 11.4 Å². The summed E-state index contributed by atoms with van der Waals surface area (Å²) in [7, 11) is 0. The minimum absolute atomic E-state index is 0.236. The average Bonchev–Trinajstić information content (AvgIpc) is 2.98. The minimum atomic E-state index is -4.73. The normalized spacial score (nSPS) is 11.6. The van der Waals surface area contributed by atoms with Gasteiger partial charge in [0, 0.05) is 18.9 Å². The van der Waals surface area contributed by atoms with Gasteiger partial charge >= 0.3 is 6.36 Å². The summed E-state index contributed by atoms with van der Waals surface area (Å²) < 4.78 is 42.7. The number of amides is 1. The van der Waals surface area contributed by atoms with Gasteiger partial charge in [-0.25, -0.2) is 0 Å². The molecule has 0 bridgehead atoms. The Hall–Kier alpha value is -3.10. The number of fused-ring (bicyclic) bond motifs is 1. The number of aromatic nitrogens is 3. The molecule has 2 heterocycles. The third-order valence-corrected chi connectivity index (χ3v) is 3.84. The highest BCUT2D eigenvalue weighted by Crippen LogP contribution is 2.27. The average molecular weight is 378 g/mol. The number of aryl methyl sites for hydroxylation is 1. The van der Waals surface area contributed by atoms with Gasteiger partial charge in [0.25, 0.3) is 5.91 Å². The van der Waals surface area contributed by atoms with Crippen LogP contribution in [0.1, 0.15) is 28.5 Å². The van der Waals surface area contributed by atoms with Crippen LogP contribution in [0.5, 0.6) is 5.75 Å². The van der Waals surface area contributed by atoms with Crippen LogP contribution < -0.4 is 10.1 Å². The van der Waals surface area contributed by atoms with Crippen LogP contribution in [0, 0.1) is 6.92 Å². The standard InChI is InChI=1S/C18H17F3N4O2/c1-3-22-17(26)16-13-10-25(24-14(13)6-7-23-16)9-12-4-5-15(11(2)8-12)27-18(19,20)21/h4-8,10H,3,9H2,1-2H3,(H,22,26). The number of hydrogen-bond acceptors (Lipinski definition) is 4. The molecule has 0 saturated heterocycles. The predicted molar refractivity (Wildman–Crippen MR) is 92.5 cm³/mol. The van der Waals surface area contributed by atoms with Crippen molar-refractivity contribution in [1.82, 2.24) is 20.1 Å². The van der Waals surface area contributed by atoms with Gasteiger partial charge in [-0.1, -0.05) is 12.1 Å². The Balaban J connectivity index is 1.86. The summed E-state index contributed by atoms with van der Waals surface area (Å²) in [6.07, 6.45) is -1.52. The molecule has 0 saturated carbocycles. The molecule has 0 atom stereocenters. The summed E-state index contributed by atoms with van der Waals surface area (Å²) in [5.74, 6) is -0.522. The van der Waals surface area contributed by atoms with Crippen molar-refractivity contribution in [3.63, 3.8) is 0 Å². The Morgan fingerprint density at radius 2 is 2.07 bits per heavy atom. The predicted octanol–water partition coefficient (Wildman–Crippen LogP) is 3.44. The van der Waals surface area contributed by atoms with E-state index in [0.29, 0.717) is 29.6 Å². The van der Waals surface area contributed by atoms with Crippen molar-refractivity contribution >= 4 is 16.8 Å². The van der Waals surface area contributed by atoms with Crippen LogP contribution >= 0.6 is 0 Å². The lowest BCUT2D eigenvalue weighted by Gasteiger charge is -2.12. The fourth-order valence-corrected chi connectivity index (χ4v) is 2.74. The summed E-state index contributed by atoms with van der Waals surface area (Å²) in [4.78, 5) is 16.2. The maximum Gasteiger partial charge on any atom is 0.573 e. The van der Waals surface area contributed by atoms with Gasteiger partial charge in [-0.2, -0.15) is 5.10 Å². The van der Waals surface area contributed by atoms with E-state index < -0.39 is 6.36 Å².